The number of likely N-dealkylation sites (tertiary alicyclic amines) is 1. The van der Waals surface area contributed by atoms with Gasteiger partial charge < -0.3 is 15.4 Å². The molecule has 1 saturated heterocycles. The highest BCUT2D eigenvalue weighted by molar-refractivity contribution is 5.80. The third-order valence-electron chi connectivity index (χ3n) is 3.54. The summed E-state index contributed by atoms with van der Waals surface area (Å²) < 4.78 is 5.16. The third-order valence-corrected chi connectivity index (χ3v) is 3.54. The number of rotatable bonds is 5. The first-order chi connectivity index (χ1) is 9.17. The minimum Gasteiger partial charge on any atom is -0.380 e. The standard InChI is InChI=1S/C15H22N2O2/c1-3-7-17-14(18)9-13(16)15(17)12-6-4-5-11(8-12)10-19-2/h4-6,8,13,15H,3,7,9-10,16H2,1-2H3. The highest BCUT2D eigenvalue weighted by Gasteiger charge is 2.37. The molecule has 0 spiro atoms. The van der Waals surface area contributed by atoms with Gasteiger partial charge in [0.25, 0.3) is 0 Å². The number of hydrogen-bond acceptors (Lipinski definition) is 3. The molecule has 0 aliphatic carbocycles. The molecule has 2 atom stereocenters. The van der Waals surface area contributed by atoms with Crippen LogP contribution in [0.5, 0.6) is 0 Å². The van der Waals surface area contributed by atoms with Gasteiger partial charge in [0.1, 0.15) is 0 Å². The van der Waals surface area contributed by atoms with Crippen molar-refractivity contribution in [2.75, 3.05) is 13.7 Å². The lowest BCUT2D eigenvalue weighted by molar-refractivity contribution is -0.129. The molecule has 2 N–H and O–H groups in total. The van der Waals surface area contributed by atoms with Crippen LogP contribution in [-0.2, 0) is 16.1 Å². The van der Waals surface area contributed by atoms with Crippen molar-refractivity contribution in [3.63, 3.8) is 0 Å². The third kappa shape index (κ3) is 2.96. The maximum absolute atomic E-state index is 12.0. The smallest absolute Gasteiger partial charge is 0.224 e. The van der Waals surface area contributed by atoms with Gasteiger partial charge in [-0.1, -0.05) is 31.2 Å². The first-order valence-electron chi connectivity index (χ1n) is 6.80. The van der Waals surface area contributed by atoms with Gasteiger partial charge in [0.2, 0.25) is 5.91 Å². The van der Waals surface area contributed by atoms with E-state index >= 15 is 0 Å². The molecular weight excluding hydrogens is 240 g/mol. The summed E-state index contributed by atoms with van der Waals surface area (Å²) in [5.41, 5.74) is 8.38. The van der Waals surface area contributed by atoms with Gasteiger partial charge in [-0.3, -0.25) is 4.79 Å². The van der Waals surface area contributed by atoms with E-state index in [1.807, 2.05) is 23.1 Å². The van der Waals surface area contributed by atoms with Crippen molar-refractivity contribution in [1.82, 2.24) is 4.90 Å². The van der Waals surface area contributed by atoms with Crippen molar-refractivity contribution in [3.8, 4) is 0 Å². The summed E-state index contributed by atoms with van der Waals surface area (Å²) in [6.07, 6.45) is 1.39. The Morgan fingerprint density at radius 3 is 2.95 bits per heavy atom. The van der Waals surface area contributed by atoms with Crippen LogP contribution in [0.25, 0.3) is 0 Å². The van der Waals surface area contributed by atoms with Gasteiger partial charge in [0.15, 0.2) is 0 Å². The molecule has 1 aromatic carbocycles. The van der Waals surface area contributed by atoms with Gasteiger partial charge in [-0.25, -0.2) is 0 Å². The zero-order valence-corrected chi connectivity index (χ0v) is 11.6. The maximum atomic E-state index is 12.0. The molecule has 1 heterocycles. The summed E-state index contributed by atoms with van der Waals surface area (Å²) in [5.74, 6) is 0.163. The molecule has 0 radical (unpaired) electrons. The molecule has 1 fully saturated rings. The number of carbonyl (C=O) groups excluding carboxylic acids is 1. The fourth-order valence-corrected chi connectivity index (χ4v) is 2.78. The highest BCUT2D eigenvalue weighted by Crippen LogP contribution is 2.32. The zero-order valence-electron chi connectivity index (χ0n) is 11.6. The Balaban J connectivity index is 2.27. The molecule has 2 rings (SSSR count). The molecule has 2 unspecified atom stereocenters. The summed E-state index contributed by atoms with van der Waals surface area (Å²) in [6, 6.07) is 8.06. The summed E-state index contributed by atoms with van der Waals surface area (Å²) in [5, 5.41) is 0. The van der Waals surface area contributed by atoms with Crippen LogP contribution in [0.3, 0.4) is 0 Å². The number of nitrogens with two attached hydrogens (primary N) is 1. The van der Waals surface area contributed by atoms with Gasteiger partial charge in [0.05, 0.1) is 12.6 Å². The molecule has 104 valence electrons. The Labute approximate surface area is 114 Å². The van der Waals surface area contributed by atoms with E-state index in [-0.39, 0.29) is 18.0 Å². The van der Waals surface area contributed by atoms with Gasteiger partial charge >= 0.3 is 0 Å². The largest absolute Gasteiger partial charge is 0.380 e. The topological polar surface area (TPSA) is 55.6 Å². The minimum absolute atomic E-state index is 0.00394. The number of benzene rings is 1. The molecular formula is C15H22N2O2. The van der Waals surface area contributed by atoms with Gasteiger partial charge in [-0.05, 0) is 17.5 Å². The Morgan fingerprint density at radius 2 is 2.26 bits per heavy atom. The first-order valence-corrected chi connectivity index (χ1v) is 6.80. The minimum atomic E-state index is -0.114. The monoisotopic (exact) mass is 262 g/mol. The quantitative estimate of drug-likeness (QED) is 0.881. The fraction of sp³-hybridized carbons (Fsp3) is 0.533. The van der Waals surface area contributed by atoms with E-state index < -0.39 is 0 Å². The Bertz CT molecular complexity index is 448. The number of methoxy groups -OCH3 is 1. The Hall–Kier alpha value is -1.39. The summed E-state index contributed by atoms with van der Waals surface area (Å²) >= 11 is 0. The lowest BCUT2D eigenvalue weighted by Gasteiger charge is -2.27. The second-order valence-corrected chi connectivity index (χ2v) is 5.08. The van der Waals surface area contributed by atoms with Crippen molar-refractivity contribution in [2.45, 2.75) is 38.5 Å². The van der Waals surface area contributed by atoms with E-state index in [0.717, 1.165) is 24.1 Å². The fourth-order valence-electron chi connectivity index (χ4n) is 2.78. The number of hydrogen-bond donors (Lipinski definition) is 1. The van der Waals surface area contributed by atoms with Crippen LogP contribution in [0.4, 0.5) is 0 Å². The highest BCUT2D eigenvalue weighted by atomic mass is 16.5. The molecule has 4 nitrogen and oxygen atoms in total. The Morgan fingerprint density at radius 1 is 1.47 bits per heavy atom. The predicted octanol–water partition coefficient (Wildman–Crippen LogP) is 1.84. The summed E-state index contributed by atoms with van der Waals surface area (Å²) in [6.45, 7) is 3.43. The summed E-state index contributed by atoms with van der Waals surface area (Å²) in [7, 11) is 1.68. The first kappa shape index (κ1) is 14.0. The average molecular weight is 262 g/mol. The number of nitrogens with zero attached hydrogens (tertiary/aromatic N) is 1. The molecule has 0 bridgehead atoms. The van der Waals surface area contributed by atoms with E-state index in [1.54, 1.807) is 7.11 Å². The van der Waals surface area contributed by atoms with Crippen LogP contribution in [0.15, 0.2) is 24.3 Å². The molecule has 1 aromatic rings. The predicted molar refractivity (Wildman–Crippen MR) is 74.5 cm³/mol. The molecule has 1 amide bonds. The van der Waals surface area contributed by atoms with Crippen molar-refractivity contribution < 1.29 is 9.53 Å². The van der Waals surface area contributed by atoms with Crippen LogP contribution >= 0.6 is 0 Å². The molecule has 0 saturated carbocycles. The average Bonchev–Trinajstić information content (AvgIpc) is 2.66. The van der Waals surface area contributed by atoms with Crippen LogP contribution < -0.4 is 5.73 Å². The number of carbonyl (C=O) groups is 1. The Kier molecular flexibility index (Phi) is 4.56. The number of ether oxygens (including phenoxy) is 1. The molecule has 0 aromatic heterocycles. The van der Waals surface area contributed by atoms with Crippen LogP contribution in [0.1, 0.15) is 36.9 Å². The van der Waals surface area contributed by atoms with E-state index in [0.29, 0.717) is 13.0 Å². The maximum Gasteiger partial charge on any atom is 0.224 e. The van der Waals surface area contributed by atoms with E-state index in [1.165, 1.54) is 0 Å². The number of amides is 1. The molecule has 4 heteroatoms. The normalized spacial score (nSPS) is 23.1. The molecule has 1 aliphatic rings. The van der Waals surface area contributed by atoms with E-state index in [9.17, 15) is 4.79 Å². The lowest BCUT2D eigenvalue weighted by Crippen LogP contribution is -2.33. The van der Waals surface area contributed by atoms with E-state index in [2.05, 4.69) is 13.0 Å². The summed E-state index contributed by atoms with van der Waals surface area (Å²) in [4.78, 5) is 13.9. The van der Waals surface area contributed by atoms with Crippen molar-refractivity contribution in [2.24, 2.45) is 5.73 Å². The van der Waals surface area contributed by atoms with Crippen LogP contribution in [0.2, 0.25) is 0 Å². The van der Waals surface area contributed by atoms with E-state index in [4.69, 9.17) is 10.5 Å². The van der Waals surface area contributed by atoms with Crippen LogP contribution in [-0.4, -0.2) is 30.5 Å². The van der Waals surface area contributed by atoms with Crippen molar-refractivity contribution in [3.05, 3.63) is 35.4 Å². The van der Waals surface area contributed by atoms with Gasteiger partial charge in [-0.15, -0.1) is 0 Å². The molecule has 19 heavy (non-hydrogen) atoms. The lowest BCUT2D eigenvalue weighted by atomic mass is 9.99. The van der Waals surface area contributed by atoms with Gasteiger partial charge in [0, 0.05) is 26.1 Å². The SMILES string of the molecule is CCCN1C(=O)CC(N)C1c1cccc(COC)c1. The second kappa shape index (κ2) is 6.17. The zero-order chi connectivity index (χ0) is 13.8. The van der Waals surface area contributed by atoms with Crippen LogP contribution in [0, 0.1) is 0 Å². The van der Waals surface area contributed by atoms with Gasteiger partial charge in [-0.2, -0.15) is 0 Å². The second-order valence-electron chi connectivity index (χ2n) is 5.08. The van der Waals surface area contributed by atoms with Crippen molar-refractivity contribution >= 4 is 5.91 Å². The molecule has 1 aliphatic heterocycles. The van der Waals surface area contributed by atoms with Crippen molar-refractivity contribution in [1.29, 1.82) is 0 Å².